The van der Waals surface area contributed by atoms with Gasteiger partial charge in [0.05, 0.1) is 11.5 Å². The molecule has 2 N–H and O–H groups in total. The first-order chi connectivity index (χ1) is 9.35. The molecular formula is C12H21N3O4S. The van der Waals surface area contributed by atoms with Gasteiger partial charge in [-0.2, -0.15) is 0 Å². The van der Waals surface area contributed by atoms with E-state index in [1.807, 2.05) is 0 Å². The first-order valence-electron chi connectivity index (χ1n) is 6.89. The highest BCUT2D eigenvalue weighted by Gasteiger charge is 2.31. The van der Waals surface area contributed by atoms with E-state index in [0.29, 0.717) is 19.5 Å². The molecule has 2 heterocycles. The molecule has 0 saturated carbocycles. The first kappa shape index (κ1) is 15.1. The molecule has 2 rings (SSSR count). The highest BCUT2D eigenvalue weighted by molar-refractivity contribution is 7.91. The normalized spacial score (nSPS) is 28.9. The number of amides is 3. The summed E-state index contributed by atoms with van der Waals surface area (Å²) in [5.74, 6) is 0.0768. The molecule has 0 spiro atoms. The average molecular weight is 303 g/mol. The van der Waals surface area contributed by atoms with Crippen LogP contribution in [0.15, 0.2) is 0 Å². The molecule has 2 aliphatic rings. The lowest BCUT2D eigenvalue weighted by Crippen LogP contribution is -2.53. The molecule has 2 fully saturated rings. The zero-order valence-corrected chi connectivity index (χ0v) is 12.4. The summed E-state index contributed by atoms with van der Waals surface area (Å²) in [7, 11) is -2.99. The third-order valence-electron chi connectivity index (χ3n) is 3.68. The standard InChI is InChI=1S/C12H21N3O4S/c1-9(16)13-10-3-2-5-15(7-10)12(17)14-11-4-6-20(18,19)8-11/h10-11H,2-8H2,1H3,(H,13,16)(H,14,17)/t10-,11+/m0/s1. The second kappa shape index (κ2) is 5.99. The molecule has 7 nitrogen and oxygen atoms in total. The van der Waals surface area contributed by atoms with Crippen LogP contribution < -0.4 is 10.6 Å². The van der Waals surface area contributed by atoms with Crippen molar-refractivity contribution in [1.29, 1.82) is 0 Å². The van der Waals surface area contributed by atoms with Crippen molar-refractivity contribution in [3.05, 3.63) is 0 Å². The quantitative estimate of drug-likeness (QED) is 0.718. The minimum absolute atomic E-state index is 0.0145. The molecule has 0 bridgehead atoms. The summed E-state index contributed by atoms with van der Waals surface area (Å²) in [6.07, 6.45) is 2.18. The summed E-state index contributed by atoms with van der Waals surface area (Å²) in [5, 5.41) is 5.59. The van der Waals surface area contributed by atoms with Gasteiger partial charge in [0.1, 0.15) is 0 Å². The third kappa shape index (κ3) is 4.09. The van der Waals surface area contributed by atoms with Gasteiger partial charge in [-0.3, -0.25) is 4.79 Å². The van der Waals surface area contributed by atoms with Gasteiger partial charge in [-0.1, -0.05) is 0 Å². The van der Waals surface area contributed by atoms with E-state index >= 15 is 0 Å². The van der Waals surface area contributed by atoms with Gasteiger partial charge < -0.3 is 15.5 Å². The van der Waals surface area contributed by atoms with Crippen LogP contribution in [0.2, 0.25) is 0 Å². The molecule has 0 unspecified atom stereocenters. The van der Waals surface area contributed by atoms with E-state index < -0.39 is 9.84 Å². The van der Waals surface area contributed by atoms with E-state index in [-0.39, 0.29) is 35.5 Å². The van der Waals surface area contributed by atoms with Crippen molar-refractivity contribution in [3.8, 4) is 0 Å². The van der Waals surface area contributed by atoms with Crippen LogP contribution in [0.25, 0.3) is 0 Å². The Bertz CT molecular complexity index is 491. The fourth-order valence-corrected chi connectivity index (χ4v) is 4.41. The van der Waals surface area contributed by atoms with Crippen molar-refractivity contribution in [2.24, 2.45) is 0 Å². The Hall–Kier alpha value is -1.31. The number of nitrogens with one attached hydrogen (secondary N) is 2. The van der Waals surface area contributed by atoms with E-state index in [9.17, 15) is 18.0 Å². The van der Waals surface area contributed by atoms with E-state index in [1.165, 1.54) is 6.92 Å². The molecule has 0 aromatic rings. The van der Waals surface area contributed by atoms with Gasteiger partial charge in [0.2, 0.25) is 5.91 Å². The Morgan fingerprint density at radius 1 is 1.15 bits per heavy atom. The van der Waals surface area contributed by atoms with Crippen LogP contribution in [0.1, 0.15) is 26.2 Å². The fourth-order valence-electron chi connectivity index (χ4n) is 2.74. The second-order valence-electron chi connectivity index (χ2n) is 5.54. The summed E-state index contributed by atoms with van der Waals surface area (Å²) < 4.78 is 22.7. The van der Waals surface area contributed by atoms with E-state index in [4.69, 9.17) is 0 Å². The third-order valence-corrected chi connectivity index (χ3v) is 5.44. The van der Waals surface area contributed by atoms with Gasteiger partial charge >= 0.3 is 6.03 Å². The summed E-state index contributed by atoms with van der Waals surface area (Å²) in [4.78, 5) is 24.8. The second-order valence-corrected chi connectivity index (χ2v) is 7.76. The van der Waals surface area contributed by atoms with Gasteiger partial charge in [-0.05, 0) is 19.3 Å². The number of likely N-dealkylation sites (tertiary alicyclic amines) is 1. The van der Waals surface area contributed by atoms with Crippen LogP contribution in [-0.2, 0) is 14.6 Å². The zero-order valence-electron chi connectivity index (χ0n) is 11.6. The SMILES string of the molecule is CC(=O)N[C@H]1CCCN(C(=O)N[C@@H]2CCS(=O)(=O)C2)C1. The maximum absolute atomic E-state index is 12.1. The van der Waals surface area contributed by atoms with Crippen molar-refractivity contribution < 1.29 is 18.0 Å². The van der Waals surface area contributed by atoms with Gasteiger partial charge in [-0.25, -0.2) is 13.2 Å². The Morgan fingerprint density at radius 3 is 2.50 bits per heavy atom. The summed E-state index contributed by atoms with van der Waals surface area (Å²) in [6, 6.07) is -0.532. The topological polar surface area (TPSA) is 95.6 Å². The van der Waals surface area contributed by atoms with Gasteiger partial charge in [0.15, 0.2) is 9.84 Å². The monoisotopic (exact) mass is 303 g/mol. The number of piperidine rings is 1. The molecule has 0 aliphatic carbocycles. The molecule has 114 valence electrons. The smallest absolute Gasteiger partial charge is 0.317 e. The number of hydrogen-bond donors (Lipinski definition) is 2. The molecule has 0 radical (unpaired) electrons. The van der Waals surface area contributed by atoms with Crippen molar-refractivity contribution >= 4 is 21.8 Å². The minimum Gasteiger partial charge on any atom is -0.352 e. The molecule has 8 heteroatoms. The molecule has 2 saturated heterocycles. The molecule has 0 aromatic heterocycles. The Morgan fingerprint density at radius 2 is 1.90 bits per heavy atom. The van der Waals surface area contributed by atoms with Crippen molar-refractivity contribution in [3.63, 3.8) is 0 Å². The van der Waals surface area contributed by atoms with Gasteiger partial charge in [-0.15, -0.1) is 0 Å². The van der Waals surface area contributed by atoms with Crippen LogP contribution in [0.5, 0.6) is 0 Å². The maximum atomic E-state index is 12.1. The fraction of sp³-hybridized carbons (Fsp3) is 0.833. The Kier molecular flexibility index (Phi) is 4.52. The Balaban J connectivity index is 1.84. The molecule has 2 atom stereocenters. The highest BCUT2D eigenvalue weighted by atomic mass is 32.2. The molecular weight excluding hydrogens is 282 g/mol. The van der Waals surface area contributed by atoms with Gasteiger partial charge in [0.25, 0.3) is 0 Å². The van der Waals surface area contributed by atoms with Crippen LogP contribution in [0.4, 0.5) is 4.79 Å². The van der Waals surface area contributed by atoms with Crippen molar-refractivity contribution in [2.45, 2.75) is 38.3 Å². The number of hydrogen-bond acceptors (Lipinski definition) is 4. The molecule has 2 aliphatic heterocycles. The van der Waals surface area contributed by atoms with E-state index in [0.717, 1.165) is 12.8 Å². The first-order valence-corrected chi connectivity index (χ1v) is 8.71. The number of urea groups is 1. The van der Waals surface area contributed by atoms with E-state index in [2.05, 4.69) is 10.6 Å². The predicted molar refractivity (Wildman–Crippen MR) is 74.0 cm³/mol. The largest absolute Gasteiger partial charge is 0.352 e. The number of carbonyl (C=O) groups is 2. The van der Waals surface area contributed by atoms with E-state index in [1.54, 1.807) is 4.90 Å². The van der Waals surface area contributed by atoms with Crippen molar-refractivity contribution in [1.82, 2.24) is 15.5 Å². The Labute approximate surface area is 119 Å². The van der Waals surface area contributed by atoms with Crippen LogP contribution in [0, 0.1) is 0 Å². The number of sulfone groups is 1. The summed E-state index contributed by atoms with van der Waals surface area (Å²) in [5.41, 5.74) is 0. The van der Waals surface area contributed by atoms with Crippen LogP contribution in [0.3, 0.4) is 0 Å². The molecule has 3 amide bonds. The zero-order chi connectivity index (χ0) is 14.8. The minimum atomic E-state index is -2.99. The number of rotatable bonds is 2. The lowest BCUT2D eigenvalue weighted by molar-refractivity contribution is -0.119. The predicted octanol–water partition coefficient (Wildman–Crippen LogP) is -0.516. The lowest BCUT2D eigenvalue weighted by Gasteiger charge is -2.33. The maximum Gasteiger partial charge on any atom is 0.317 e. The highest BCUT2D eigenvalue weighted by Crippen LogP contribution is 2.14. The summed E-state index contributed by atoms with van der Waals surface area (Å²) in [6.45, 7) is 2.58. The summed E-state index contributed by atoms with van der Waals surface area (Å²) >= 11 is 0. The molecule has 20 heavy (non-hydrogen) atoms. The average Bonchev–Trinajstić information content (AvgIpc) is 2.68. The van der Waals surface area contributed by atoms with Crippen molar-refractivity contribution in [2.75, 3.05) is 24.6 Å². The number of nitrogens with zero attached hydrogens (tertiary/aromatic N) is 1. The van der Waals surface area contributed by atoms with Crippen LogP contribution >= 0.6 is 0 Å². The molecule has 0 aromatic carbocycles. The number of carbonyl (C=O) groups excluding carboxylic acids is 2. The van der Waals surface area contributed by atoms with Crippen LogP contribution in [-0.4, -0.2) is 61.9 Å². The lowest BCUT2D eigenvalue weighted by atomic mass is 10.1. The van der Waals surface area contributed by atoms with Gasteiger partial charge in [0, 0.05) is 32.1 Å².